The third-order valence-electron chi connectivity index (χ3n) is 3.22. The van der Waals surface area contributed by atoms with Crippen LogP contribution in [-0.4, -0.2) is 28.0 Å². The van der Waals surface area contributed by atoms with Crippen molar-refractivity contribution in [3.8, 4) is 0 Å². The maximum atomic E-state index is 13.2. The Bertz CT molecular complexity index is 634. The summed E-state index contributed by atoms with van der Waals surface area (Å²) in [5, 5.41) is 0.658. The number of rotatable bonds is 3. The highest BCUT2D eigenvalue weighted by molar-refractivity contribution is 7.99. The molecule has 0 bridgehead atoms. The normalized spacial score (nSPS) is 15.2. The number of hydrogen-bond donors (Lipinski definition) is 0. The lowest BCUT2D eigenvalue weighted by Gasteiger charge is -2.26. The van der Waals surface area contributed by atoms with Crippen molar-refractivity contribution in [3.05, 3.63) is 35.4 Å². The van der Waals surface area contributed by atoms with Gasteiger partial charge in [-0.2, -0.15) is 15.0 Å². The molecule has 7 heteroatoms. The van der Waals surface area contributed by atoms with Crippen molar-refractivity contribution in [2.45, 2.75) is 29.3 Å². The Labute approximate surface area is 131 Å². The van der Waals surface area contributed by atoms with Gasteiger partial charge < -0.3 is 4.90 Å². The molecule has 110 valence electrons. The first-order valence-corrected chi connectivity index (χ1v) is 8.00. The van der Waals surface area contributed by atoms with E-state index < -0.39 is 0 Å². The van der Waals surface area contributed by atoms with Gasteiger partial charge in [-0.05, 0) is 60.8 Å². The second-order valence-electron chi connectivity index (χ2n) is 4.79. The summed E-state index contributed by atoms with van der Waals surface area (Å²) in [7, 11) is 0. The van der Waals surface area contributed by atoms with E-state index in [1.54, 1.807) is 6.07 Å². The monoisotopic (exact) mass is 324 g/mol. The Balaban J connectivity index is 1.83. The second kappa shape index (κ2) is 6.58. The summed E-state index contributed by atoms with van der Waals surface area (Å²) < 4.78 is 13.2. The fraction of sp³-hybridized carbons (Fsp3) is 0.357. The van der Waals surface area contributed by atoms with Gasteiger partial charge in [0.2, 0.25) is 11.2 Å². The van der Waals surface area contributed by atoms with Crippen LogP contribution in [0.3, 0.4) is 0 Å². The van der Waals surface area contributed by atoms with Crippen LogP contribution >= 0.6 is 23.4 Å². The zero-order valence-corrected chi connectivity index (χ0v) is 12.9. The molecule has 0 aliphatic carbocycles. The quantitative estimate of drug-likeness (QED) is 0.859. The van der Waals surface area contributed by atoms with Gasteiger partial charge in [0.05, 0.1) is 0 Å². The lowest BCUT2D eigenvalue weighted by molar-refractivity contribution is 0.564. The van der Waals surface area contributed by atoms with Crippen LogP contribution in [0.25, 0.3) is 0 Å². The largest absolute Gasteiger partial charge is 0.341 e. The van der Waals surface area contributed by atoms with E-state index in [9.17, 15) is 4.39 Å². The van der Waals surface area contributed by atoms with Gasteiger partial charge in [0, 0.05) is 18.0 Å². The molecule has 0 saturated carbocycles. The maximum absolute atomic E-state index is 13.2. The van der Waals surface area contributed by atoms with Crippen LogP contribution in [-0.2, 0) is 0 Å². The third kappa shape index (κ3) is 3.83. The summed E-state index contributed by atoms with van der Waals surface area (Å²) in [6.45, 7) is 1.87. The summed E-state index contributed by atoms with van der Waals surface area (Å²) in [5.41, 5.74) is 0. The molecule has 1 aliphatic heterocycles. The van der Waals surface area contributed by atoms with E-state index in [0.717, 1.165) is 30.8 Å². The molecule has 21 heavy (non-hydrogen) atoms. The number of anilines is 1. The number of piperidine rings is 1. The van der Waals surface area contributed by atoms with E-state index in [2.05, 4.69) is 19.9 Å². The third-order valence-corrected chi connectivity index (χ3v) is 4.24. The molecule has 1 aromatic carbocycles. The SMILES string of the molecule is Fc1cccc(Sc2nc(Cl)nc(N3CCCCC3)n2)c1. The average molecular weight is 325 g/mol. The molecule has 3 rings (SSSR count). The molecule has 0 atom stereocenters. The van der Waals surface area contributed by atoms with Crippen molar-refractivity contribution in [2.75, 3.05) is 18.0 Å². The van der Waals surface area contributed by atoms with Crippen molar-refractivity contribution < 1.29 is 4.39 Å². The van der Waals surface area contributed by atoms with E-state index in [1.165, 1.54) is 30.3 Å². The van der Waals surface area contributed by atoms with E-state index in [4.69, 9.17) is 11.6 Å². The molecular weight excluding hydrogens is 311 g/mol. The summed E-state index contributed by atoms with van der Waals surface area (Å²) in [5.74, 6) is 0.324. The highest BCUT2D eigenvalue weighted by Crippen LogP contribution is 2.27. The van der Waals surface area contributed by atoms with Gasteiger partial charge in [0.15, 0.2) is 5.16 Å². The zero-order valence-electron chi connectivity index (χ0n) is 11.3. The Morgan fingerprint density at radius 3 is 2.67 bits per heavy atom. The van der Waals surface area contributed by atoms with Crippen LogP contribution in [0.1, 0.15) is 19.3 Å². The van der Waals surface area contributed by atoms with Crippen LogP contribution < -0.4 is 4.90 Å². The van der Waals surface area contributed by atoms with Crippen molar-refractivity contribution in [2.24, 2.45) is 0 Å². The second-order valence-corrected chi connectivity index (χ2v) is 6.17. The van der Waals surface area contributed by atoms with E-state index in [-0.39, 0.29) is 11.1 Å². The summed E-state index contributed by atoms with van der Waals surface area (Å²) in [6.07, 6.45) is 3.51. The Morgan fingerprint density at radius 2 is 1.90 bits per heavy atom. The Morgan fingerprint density at radius 1 is 1.10 bits per heavy atom. The molecule has 0 spiro atoms. The summed E-state index contributed by atoms with van der Waals surface area (Å²) >= 11 is 7.27. The fourth-order valence-corrected chi connectivity index (χ4v) is 3.23. The zero-order chi connectivity index (χ0) is 14.7. The molecule has 4 nitrogen and oxygen atoms in total. The number of halogens is 2. The van der Waals surface area contributed by atoms with Crippen LogP contribution in [0, 0.1) is 5.82 Å². The van der Waals surface area contributed by atoms with E-state index >= 15 is 0 Å². The molecule has 1 aromatic heterocycles. The van der Waals surface area contributed by atoms with Gasteiger partial charge in [0.25, 0.3) is 0 Å². The first kappa shape index (κ1) is 14.5. The average Bonchev–Trinajstić information content (AvgIpc) is 2.47. The minimum Gasteiger partial charge on any atom is -0.341 e. The number of nitrogens with zero attached hydrogens (tertiary/aromatic N) is 4. The van der Waals surface area contributed by atoms with E-state index in [0.29, 0.717) is 11.1 Å². The van der Waals surface area contributed by atoms with Crippen molar-refractivity contribution in [1.82, 2.24) is 15.0 Å². The Hall–Kier alpha value is -1.40. The summed E-state index contributed by atoms with van der Waals surface area (Å²) in [4.78, 5) is 15.6. The molecule has 0 radical (unpaired) electrons. The minimum absolute atomic E-state index is 0.171. The lowest BCUT2D eigenvalue weighted by Crippen LogP contribution is -2.31. The van der Waals surface area contributed by atoms with Gasteiger partial charge in [0.1, 0.15) is 5.82 Å². The number of hydrogen-bond acceptors (Lipinski definition) is 5. The smallest absolute Gasteiger partial charge is 0.230 e. The lowest BCUT2D eigenvalue weighted by atomic mass is 10.1. The van der Waals surface area contributed by atoms with Gasteiger partial charge in [-0.1, -0.05) is 6.07 Å². The molecule has 0 amide bonds. The van der Waals surface area contributed by atoms with Crippen LogP contribution in [0.15, 0.2) is 34.3 Å². The number of benzene rings is 1. The molecule has 0 N–H and O–H groups in total. The molecule has 1 saturated heterocycles. The van der Waals surface area contributed by atoms with Gasteiger partial charge >= 0.3 is 0 Å². The topological polar surface area (TPSA) is 41.9 Å². The van der Waals surface area contributed by atoms with Crippen molar-refractivity contribution in [1.29, 1.82) is 0 Å². The predicted octanol–water partition coefficient (Wildman–Crippen LogP) is 3.81. The highest BCUT2D eigenvalue weighted by Gasteiger charge is 2.16. The van der Waals surface area contributed by atoms with Crippen LogP contribution in [0.2, 0.25) is 5.28 Å². The highest BCUT2D eigenvalue weighted by atomic mass is 35.5. The molecule has 1 fully saturated rings. The number of aromatic nitrogens is 3. The fourth-order valence-electron chi connectivity index (χ4n) is 2.24. The standard InChI is InChI=1S/C14H14ClFN4S/c15-12-17-13(20-7-2-1-3-8-20)19-14(18-12)21-11-6-4-5-10(16)9-11/h4-6,9H,1-3,7-8H2. The van der Waals surface area contributed by atoms with Gasteiger partial charge in [-0.25, -0.2) is 4.39 Å². The van der Waals surface area contributed by atoms with Crippen molar-refractivity contribution in [3.63, 3.8) is 0 Å². The van der Waals surface area contributed by atoms with Crippen LogP contribution in [0.5, 0.6) is 0 Å². The van der Waals surface area contributed by atoms with Crippen LogP contribution in [0.4, 0.5) is 10.3 Å². The Kier molecular flexibility index (Phi) is 4.55. The molecule has 1 aliphatic rings. The summed E-state index contributed by atoms with van der Waals surface area (Å²) in [6, 6.07) is 6.32. The van der Waals surface area contributed by atoms with Gasteiger partial charge in [-0.3, -0.25) is 0 Å². The first-order chi connectivity index (χ1) is 10.2. The predicted molar refractivity (Wildman–Crippen MR) is 81.4 cm³/mol. The van der Waals surface area contributed by atoms with Gasteiger partial charge in [-0.15, -0.1) is 0 Å². The van der Waals surface area contributed by atoms with E-state index in [1.807, 2.05) is 6.07 Å². The molecule has 0 unspecified atom stereocenters. The van der Waals surface area contributed by atoms with Crippen molar-refractivity contribution >= 4 is 29.3 Å². The first-order valence-electron chi connectivity index (χ1n) is 6.81. The minimum atomic E-state index is -0.281. The molecular formula is C14H14ClFN4S. The molecule has 2 aromatic rings. The maximum Gasteiger partial charge on any atom is 0.230 e. The molecule has 2 heterocycles.